The smallest absolute Gasteiger partial charge is 0.159 e. The summed E-state index contributed by atoms with van der Waals surface area (Å²) in [5, 5.41) is 12.5. The van der Waals surface area contributed by atoms with Crippen LogP contribution in [-0.4, -0.2) is 18.2 Å². The van der Waals surface area contributed by atoms with Crippen molar-refractivity contribution in [3.05, 3.63) is 35.4 Å². The highest BCUT2D eigenvalue weighted by Crippen LogP contribution is 2.15. The zero-order valence-electron chi connectivity index (χ0n) is 8.71. The Balaban J connectivity index is 2.50. The van der Waals surface area contributed by atoms with Gasteiger partial charge in [0.05, 0.1) is 6.10 Å². The molecule has 1 rings (SSSR count). The van der Waals surface area contributed by atoms with Crippen molar-refractivity contribution in [2.24, 2.45) is 0 Å². The maximum Gasteiger partial charge on any atom is 0.159 e. The van der Waals surface area contributed by atoms with E-state index in [-0.39, 0.29) is 6.54 Å². The van der Waals surface area contributed by atoms with Gasteiger partial charge in [-0.15, -0.1) is 12.3 Å². The van der Waals surface area contributed by atoms with Gasteiger partial charge in [0.1, 0.15) is 0 Å². The van der Waals surface area contributed by atoms with E-state index in [1.807, 2.05) is 0 Å². The van der Waals surface area contributed by atoms with Crippen LogP contribution in [0.15, 0.2) is 18.2 Å². The number of aliphatic hydroxyl groups excluding tert-OH is 1. The van der Waals surface area contributed by atoms with E-state index in [4.69, 9.17) is 6.42 Å². The zero-order chi connectivity index (χ0) is 12.0. The first kappa shape index (κ1) is 12.6. The Kier molecular flexibility index (Phi) is 4.90. The molecule has 0 amide bonds. The normalized spacial score (nSPS) is 12.1. The highest BCUT2D eigenvalue weighted by Gasteiger charge is 2.09. The molecule has 1 aromatic carbocycles. The number of hydrogen-bond donors (Lipinski definition) is 2. The number of benzene rings is 1. The first-order chi connectivity index (χ1) is 7.65. The van der Waals surface area contributed by atoms with Gasteiger partial charge >= 0.3 is 0 Å². The molecule has 1 unspecified atom stereocenters. The molecule has 0 heterocycles. The van der Waals surface area contributed by atoms with E-state index >= 15 is 0 Å². The molecule has 0 fully saturated rings. The summed E-state index contributed by atoms with van der Waals surface area (Å²) < 4.78 is 25.5. The molecule has 0 aliphatic rings. The highest BCUT2D eigenvalue weighted by atomic mass is 19.2. The van der Waals surface area contributed by atoms with Crippen molar-refractivity contribution in [3.63, 3.8) is 0 Å². The Morgan fingerprint density at radius 2 is 2.12 bits per heavy atom. The summed E-state index contributed by atoms with van der Waals surface area (Å²) in [7, 11) is 0. The molecule has 2 N–H and O–H groups in total. The van der Waals surface area contributed by atoms with Crippen LogP contribution in [-0.2, 0) is 0 Å². The summed E-state index contributed by atoms with van der Waals surface area (Å²) in [6, 6.07) is 3.34. The zero-order valence-corrected chi connectivity index (χ0v) is 8.71. The van der Waals surface area contributed by atoms with E-state index in [2.05, 4.69) is 11.2 Å². The third-order valence-electron chi connectivity index (χ3n) is 2.11. The Bertz CT molecular complexity index is 387. The lowest BCUT2D eigenvalue weighted by Gasteiger charge is -2.11. The lowest BCUT2D eigenvalue weighted by molar-refractivity contribution is 0.174. The largest absolute Gasteiger partial charge is 0.387 e. The highest BCUT2D eigenvalue weighted by molar-refractivity contribution is 5.20. The number of halogens is 2. The Morgan fingerprint density at radius 1 is 1.38 bits per heavy atom. The van der Waals surface area contributed by atoms with E-state index in [0.29, 0.717) is 18.5 Å². The summed E-state index contributed by atoms with van der Waals surface area (Å²) in [5.41, 5.74) is 0.340. The van der Waals surface area contributed by atoms with Gasteiger partial charge in [0.2, 0.25) is 0 Å². The fourth-order valence-corrected chi connectivity index (χ4v) is 1.24. The maximum absolute atomic E-state index is 12.8. The van der Waals surface area contributed by atoms with E-state index in [9.17, 15) is 13.9 Å². The number of terminal acetylenes is 1. The van der Waals surface area contributed by atoms with Crippen molar-refractivity contribution >= 4 is 0 Å². The Labute approximate surface area is 93.3 Å². The molecular formula is C12H13F2NO. The predicted octanol–water partition coefficient (Wildman–Crippen LogP) is 1.61. The maximum atomic E-state index is 12.8. The van der Waals surface area contributed by atoms with E-state index in [0.717, 1.165) is 12.1 Å². The quantitative estimate of drug-likeness (QED) is 0.589. The molecule has 4 heteroatoms. The lowest BCUT2D eigenvalue weighted by Crippen LogP contribution is -2.22. The third-order valence-corrected chi connectivity index (χ3v) is 2.11. The monoisotopic (exact) mass is 225 g/mol. The minimum absolute atomic E-state index is 0.257. The SMILES string of the molecule is C#CCCNCC(O)c1ccc(F)c(F)c1. The second-order valence-electron chi connectivity index (χ2n) is 3.35. The van der Waals surface area contributed by atoms with Crippen LogP contribution in [0, 0.1) is 24.0 Å². The van der Waals surface area contributed by atoms with E-state index in [1.165, 1.54) is 6.07 Å². The van der Waals surface area contributed by atoms with Gasteiger partial charge in [-0.05, 0) is 17.7 Å². The van der Waals surface area contributed by atoms with Crippen LogP contribution >= 0.6 is 0 Å². The first-order valence-corrected chi connectivity index (χ1v) is 4.92. The molecule has 16 heavy (non-hydrogen) atoms. The van der Waals surface area contributed by atoms with Crippen molar-refractivity contribution in [1.29, 1.82) is 0 Å². The summed E-state index contributed by atoms with van der Waals surface area (Å²) in [4.78, 5) is 0. The average Bonchev–Trinajstić information content (AvgIpc) is 2.28. The average molecular weight is 225 g/mol. The molecule has 86 valence electrons. The van der Waals surface area contributed by atoms with Gasteiger partial charge < -0.3 is 10.4 Å². The number of hydrogen-bond acceptors (Lipinski definition) is 2. The van der Waals surface area contributed by atoms with Gasteiger partial charge in [-0.25, -0.2) is 8.78 Å². The van der Waals surface area contributed by atoms with Crippen LogP contribution in [0.5, 0.6) is 0 Å². The van der Waals surface area contributed by atoms with Crippen LogP contribution in [0.3, 0.4) is 0 Å². The summed E-state index contributed by atoms with van der Waals surface area (Å²) in [6.07, 6.45) is 4.74. The molecular weight excluding hydrogens is 212 g/mol. The minimum atomic E-state index is -0.958. The van der Waals surface area contributed by atoms with Crippen molar-refractivity contribution in [1.82, 2.24) is 5.32 Å². The van der Waals surface area contributed by atoms with E-state index < -0.39 is 17.7 Å². The van der Waals surface area contributed by atoms with Crippen LogP contribution < -0.4 is 5.32 Å². The molecule has 0 aromatic heterocycles. The van der Waals surface area contributed by atoms with Crippen molar-refractivity contribution in [2.45, 2.75) is 12.5 Å². The molecule has 0 aliphatic heterocycles. The van der Waals surface area contributed by atoms with Gasteiger partial charge in [0.15, 0.2) is 11.6 Å². The van der Waals surface area contributed by atoms with Gasteiger partial charge in [-0.3, -0.25) is 0 Å². The summed E-state index contributed by atoms with van der Waals surface area (Å²) in [6.45, 7) is 0.837. The van der Waals surface area contributed by atoms with Gasteiger partial charge in [-0.1, -0.05) is 6.07 Å². The molecule has 0 saturated carbocycles. The molecule has 0 spiro atoms. The number of nitrogens with one attached hydrogen (secondary N) is 1. The molecule has 0 bridgehead atoms. The Morgan fingerprint density at radius 3 is 2.75 bits per heavy atom. The fraction of sp³-hybridized carbons (Fsp3) is 0.333. The second kappa shape index (κ2) is 6.21. The summed E-state index contributed by atoms with van der Waals surface area (Å²) in [5.74, 6) is 0.566. The van der Waals surface area contributed by atoms with Gasteiger partial charge in [0, 0.05) is 19.5 Å². The molecule has 0 saturated heterocycles. The van der Waals surface area contributed by atoms with Crippen LogP contribution in [0.2, 0.25) is 0 Å². The summed E-state index contributed by atoms with van der Waals surface area (Å²) >= 11 is 0. The minimum Gasteiger partial charge on any atom is -0.387 e. The topological polar surface area (TPSA) is 32.3 Å². The van der Waals surface area contributed by atoms with Crippen molar-refractivity contribution in [2.75, 3.05) is 13.1 Å². The molecule has 2 nitrogen and oxygen atoms in total. The van der Waals surface area contributed by atoms with Crippen LogP contribution in [0.1, 0.15) is 18.1 Å². The standard InChI is InChI=1S/C12H13F2NO/c1-2-3-6-15-8-12(16)9-4-5-10(13)11(14)7-9/h1,4-5,7,12,15-16H,3,6,8H2. The number of aliphatic hydroxyl groups is 1. The first-order valence-electron chi connectivity index (χ1n) is 4.92. The second-order valence-corrected chi connectivity index (χ2v) is 3.35. The number of rotatable bonds is 5. The predicted molar refractivity (Wildman–Crippen MR) is 57.6 cm³/mol. The van der Waals surface area contributed by atoms with Crippen LogP contribution in [0.25, 0.3) is 0 Å². The lowest BCUT2D eigenvalue weighted by atomic mass is 10.1. The van der Waals surface area contributed by atoms with E-state index in [1.54, 1.807) is 0 Å². The fourth-order valence-electron chi connectivity index (χ4n) is 1.24. The van der Waals surface area contributed by atoms with Gasteiger partial charge in [0.25, 0.3) is 0 Å². The molecule has 1 atom stereocenters. The third kappa shape index (κ3) is 3.61. The molecule has 1 aromatic rings. The van der Waals surface area contributed by atoms with Crippen molar-refractivity contribution in [3.8, 4) is 12.3 Å². The van der Waals surface area contributed by atoms with Crippen molar-refractivity contribution < 1.29 is 13.9 Å². The molecule has 0 aliphatic carbocycles. The Hall–Kier alpha value is -1.44. The van der Waals surface area contributed by atoms with Gasteiger partial charge in [-0.2, -0.15) is 0 Å². The molecule has 0 radical (unpaired) electrons. The van der Waals surface area contributed by atoms with Crippen LogP contribution in [0.4, 0.5) is 8.78 Å².